The molecule has 1 rings (SSSR count). The van der Waals surface area contributed by atoms with E-state index in [1.165, 1.54) is 0 Å². The van der Waals surface area contributed by atoms with Crippen molar-refractivity contribution in [2.45, 2.75) is 0 Å². The molecule has 0 fully saturated rings. The van der Waals surface area contributed by atoms with Crippen LogP contribution in [0.4, 0.5) is 5.69 Å². The first-order valence-electron chi connectivity index (χ1n) is 3.04. The molecule has 0 saturated heterocycles. The van der Waals surface area contributed by atoms with Gasteiger partial charge in [0, 0.05) is 5.56 Å². The van der Waals surface area contributed by atoms with Crippen molar-refractivity contribution >= 4 is 5.69 Å². The standard InChI is InChI=1S/C8H7N3/c1-2-7-3-5-8(6-4-7)10-11-9/h1,3-6H,(H2,9,10). The largest absolute Gasteiger partial charge is 0.305 e. The van der Waals surface area contributed by atoms with Crippen LogP contribution in [0, 0.1) is 12.3 Å². The van der Waals surface area contributed by atoms with Crippen LogP contribution >= 0.6 is 0 Å². The van der Waals surface area contributed by atoms with Crippen LogP contribution in [0.5, 0.6) is 0 Å². The van der Waals surface area contributed by atoms with Gasteiger partial charge in [0.1, 0.15) is 0 Å². The topological polar surface area (TPSA) is 50.7 Å². The summed E-state index contributed by atoms with van der Waals surface area (Å²) in [6.07, 6.45) is 5.15. The zero-order valence-electron chi connectivity index (χ0n) is 5.86. The van der Waals surface area contributed by atoms with Gasteiger partial charge in [-0.25, -0.2) is 0 Å². The van der Waals surface area contributed by atoms with Gasteiger partial charge in [-0.15, -0.1) is 11.5 Å². The number of nitrogens with zero attached hydrogens (tertiary/aromatic N) is 2. The second kappa shape index (κ2) is 3.37. The van der Waals surface area contributed by atoms with Crippen molar-refractivity contribution in [3.8, 4) is 12.3 Å². The zero-order chi connectivity index (χ0) is 8.10. The van der Waals surface area contributed by atoms with Crippen molar-refractivity contribution in [1.29, 1.82) is 0 Å². The van der Waals surface area contributed by atoms with Crippen LogP contribution in [-0.2, 0) is 0 Å². The molecule has 0 spiro atoms. The molecule has 0 heterocycles. The number of hydrogen-bond acceptors (Lipinski definition) is 2. The van der Waals surface area contributed by atoms with Gasteiger partial charge in [-0.05, 0) is 24.3 Å². The predicted molar refractivity (Wildman–Crippen MR) is 43.1 cm³/mol. The SMILES string of the molecule is C#Cc1ccc(N=NN)cc1. The molecule has 0 radical (unpaired) electrons. The molecule has 1 aromatic carbocycles. The highest BCUT2D eigenvalue weighted by Crippen LogP contribution is 2.11. The van der Waals surface area contributed by atoms with Crippen molar-refractivity contribution in [1.82, 2.24) is 0 Å². The highest BCUT2D eigenvalue weighted by Gasteiger charge is 1.87. The van der Waals surface area contributed by atoms with Crippen molar-refractivity contribution in [3.05, 3.63) is 29.8 Å². The van der Waals surface area contributed by atoms with Crippen molar-refractivity contribution in [2.24, 2.45) is 16.2 Å². The van der Waals surface area contributed by atoms with E-state index in [4.69, 9.17) is 12.3 Å². The Hall–Kier alpha value is -1.82. The first kappa shape index (κ1) is 7.29. The van der Waals surface area contributed by atoms with Crippen LogP contribution in [0.15, 0.2) is 34.6 Å². The lowest BCUT2D eigenvalue weighted by Crippen LogP contribution is -1.74. The molecule has 11 heavy (non-hydrogen) atoms. The average molecular weight is 145 g/mol. The van der Waals surface area contributed by atoms with Crippen LogP contribution in [0.1, 0.15) is 5.56 Å². The Morgan fingerprint density at radius 3 is 2.36 bits per heavy atom. The minimum absolute atomic E-state index is 0.700. The van der Waals surface area contributed by atoms with E-state index in [1.807, 2.05) is 0 Å². The van der Waals surface area contributed by atoms with Crippen LogP contribution in [0.25, 0.3) is 0 Å². The number of nitrogens with two attached hydrogens (primary N) is 1. The third-order valence-electron chi connectivity index (χ3n) is 1.21. The van der Waals surface area contributed by atoms with Gasteiger partial charge in [0.25, 0.3) is 0 Å². The van der Waals surface area contributed by atoms with E-state index in [0.29, 0.717) is 5.69 Å². The van der Waals surface area contributed by atoms with Gasteiger partial charge < -0.3 is 5.84 Å². The fourth-order valence-electron chi connectivity index (χ4n) is 0.691. The molecule has 54 valence electrons. The molecule has 0 saturated carbocycles. The van der Waals surface area contributed by atoms with Gasteiger partial charge in [0.05, 0.1) is 5.69 Å². The molecular formula is C8H7N3. The maximum absolute atomic E-state index is 5.15. The average Bonchev–Trinajstić information content (AvgIpc) is 2.07. The maximum Gasteiger partial charge on any atom is 0.0874 e. The lowest BCUT2D eigenvalue weighted by Gasteiger charge is -1.90. The van der Waals surface area contributed by atoms with E-state index in [2.05, 4.69) is 16.3 Å². The third kappa shape index (κ3) is 1.80. The Morgan fingerprint density at radius 1 is 1.27 bits per heavy atom. The Balaban J connectivity index is 2.94. The summed E-state index contributed by atoms with van der Waals surface area (Å²) in [5.74, 6) is 7.34. The van der Waals surface area contributed by atoms with Gasteiger partial charge in [0.15, 0.2) is 0 Å². The summed E-state index contributed by atoms with van der Waals surface area (Å²) in [6.45, 7) is 0. The molecular weight excluding hydrogens is 138 g/mol. The van der Waals surface area contributed by atoms with E-state index < -0.39 is 0 Å². The minimum Gasteiger partial charge on any atom is -0.305 e. The quantitative estimate of drug-likeness (QED) is 0.277. The Kier molecular flexibility index (Phi) is 2.24. The normalized spacial score (nSPS) is 9.73. The monoisotopic (exact) mass is 145 g/mol. The molecule has 0 amide bonds. The smallest absolute Gasteiger partial charge is 0.0874 e. The van der Waals surface area contributed by atoms with E-state index in [1.54, 1.807) is 24.3 Å². The first-order valence-corrected chi connectivity index (χ1v) is 3.04. The number of rotatable bonds is 1. The summed E-state index contributed by atoms with van der Waals surface area (Å²) >= 11 is 0. The van der Waals surface area contributed by atoms with E-state index >= 15 is 0 Å². The summed E-state index contributed by atoms with van der Waals surface area (Å²) < 4.78 is 0. The lowest BCUT2D eigenvalue weighted by atomic mass is 10.2. The number of hydrogen-bond donors (Lipinski definition) is 1. The third-order valence-corrected chi connectivity index (χ3v) is 1.21. The second-order valence-electron chi connectivity index (χ2n) is 1.91. The minimum atomic E-state index is 0.700. The number of benzene rings is 1. The van der Waals surface area contributed by atoms with Crippen LogP contribution in [-0.4, -0.2) is 0 Å². The van der Waals surface area contributed by atoms with Gasteiger partial charge in [0.2, 0.25) is 0 Å². The van der Waals surface area contributed by atoms with Gasteiger partial charge in [-0.2, -0.15) is 0 Å². The molecule has 0 unspecified atom stereocenters. The van der Waals surface area contributed by atoms with E-state index in [9.17, 15) is 0 Å². The number of terminal acetylenes is 1. The van der Waals surface area contributed by atoms with Crippen LogP contribution < -0.4 is 5.84 Å². The fourth-order valence-corrected chi connectivity index (χ4v) is 0.691. The molecule has 0 aliphatic carbocycles. The summed E-state index contributed by atoms with van der Waals surface area (Å²) in [6, 6.07) is 7.07. The lowest BCUT2D eigenvalue weighted by molar-refractivity contribution is 1.06. The van der Waals surface area contributed by atoms with Gasteiger partial charge >= 0.3 is 0 Å². The van der Waals surface area contributed by atoms with Crippen LogP contribution in [0.3, 0.4) is 0 Å². The molecule has 0 aromatic heterocycles. The predicted octanol–water partition coefficient (Wildman–Crippen LogP) is 1.63. The molecule has 3 nitrogen and oxygen atoms in total. The molecule has 1 aromatic rings. The summed E-state index contributed by atoms with van der Waals surface area (Å²) in [7, 11) is 0. The Morgan fingerprint density at radius 2 is 1.91 bits per heavy atom. The zero-order valence-corrected chi connectivity index (χ0v) is 5.86. The Bertz CT molecular complexity index is 292. The highest BCUT2D eigenvalue weighted by molar-refractivity contribution is 5.43. The molecule has 3 heteroatoms. The first-order chi connectivity index (χ1) is 5.36. The van der Waals surface area contributed by atoms with E-state index in [-0.39, 0.29) is 0 Å². The molecule has 0 bridgehead atoms. The fraction of sp³-hybridized carbons (Fsp3) is 0. The van der Waals surface area contributed by atoms with Crippen molar-refractivity contribution in [2.75, 3.05) is 0 Å². The summed E-state index contributed by atoms with van der Waals surface area (Å²) in [4.78, 5) is 0. The molecule has 2 N–H and O–H groups in total. The second-order valence-corrected chi connectivity index (χ2v) is 1.91. The van der Waals surface area contributed by atoms with Gasteiger partial charge in [-0.1, -0.05) is 11.1 Å². The van der Waals surface area contributed by atoms with Gasteiger partial charge in [-0.3, -0.25) is 0 Å². The van der Waals surface area contributed by atoms with Crippen LogP contribution in [0.2, 0.25) is 0 Å². The maximum atomic E-state index is 5.15. The van der Waals surface area contributed by atoms with Crippen molar-refractivity contribution < 1.29 is 0 Å². The highest BCUT2D eigenvalue weighted by atomic mass is 15.3. The summed E-state index contributed by atoms with van der Waals surface area (Å²) in [5, 5.41) is 6.75. The van der Waals surface area contributed by atoms with Crippen molar-refractivity contribution in [3.63, 3.8) is 0 Å². The molecule has 0 aliphatic rings. The molecule has 0 atom stereocenters. The molecule has 0 aliphatic heterocycles. The Labute approximate surface area is 64.9 Å². The summed E-state index contributed by atoms with van der Waals surface area (Å²) in [5.41, 5.74) is 1.52. The van der Waals surface area contributed by atoms with E-state index in [0.717, 1.165) is 5.56 Å².